The van der Waals surface area contributed by atoms with Crippen molar-refractivity contribution in [2.75, 3.05) is 12.3 Å². The average molecular weight is 421 g/mol. The van der Waals surface area contributed by atoms with E-state index in [0.717, 1.165) is 58.3 Å². The van der Waals surface area contributed by atoms with Crippen LogP contribution in [0.3, 0.4) is 0 Å². The molecule has 0 radical (unpaired) electrons. The van der Waals surface area contributed by atoms with Crippen molar-refractivity contribution in [3.05, 3.63) is 44.4 Å². The monoisotopic (exact) mass is 420 g/mol. The lowest BCUT2D eigenvalue weighted by Crippen LogP contribution is -2.08. The van der Waals surface area contributed by atoms with E-state index < -0.39 is 5.97 Å². The summed E-state index contributed by atoms with van der Waals surface area (Å²) in [5.74, 6) is -0.413. The molecule has 0 fully saturated rings. The molecule has 0 aliphatic heterocycles. The zero-order chi connectivity index (χ0) is 19.1. The number of aryl methyl sites for hydroxylation is 1. The molecule has 0 saturated carbocycles. The van der Waals surface area contributed by atoms with Gasteiger partial charge in [0.25, 0.3) is 0 Å². The number of benzene rings is 1. The summed E-state index contributed by atoms with van der Waals surface area (Å²) < 4.78 is 5.17. The number of nitrogens with zero attached hydrogens (tertiary/aromatic N) is 1. The van der Waals surface area contributed by atoms with Gasteiger partial charge in [-0.2, -0.15) is 0 Å². The van der Waals surface area contributed by atoms with E-state index >= 15 is 0 Å². The van der Waals surface area contributed by atoms with Crippen molar-refractivity contribution in [1.29, 1.82) is 0 Å². The van der Waals surface area contributed by atoms with Gasteiger partial charge in [-0.25, -0.2) is 9.78 Å². The SMILES string of the molecule is CCOC(=O)c1sc2nc3c(c(-c4ccc(Cl)cc4Cl)c2c1N)CCCC3. The molecule has 2 aromatic heterocycles. The summed E-state index contributed by atoms with van der Waals surface area (Å²) in [6, 6.07) is 5.46. The standard InChI is InChI=1S/C20H18Cl2N2O2S/c1-2-26-20(25)18-17(23)16-15(11-8-7-10(21)9-13(11)22)12-5-3-4-6-14(12)24-19(16)27-18/h7-9H,2-6,23H2,1H3. The van der Waals surface area contributed by atoms with Crippen molar-refractivity contribution in [2.24, 2.45) is 0 Å². The lowest BCUT2D eigenvalue weighted by Gasteiger charge is -2.20. The van der Waals surface area contributed by atoms with Gasteiger partial charge in [0.2, 0.25) is 0 Å². The van der Waals surface area contributed by atoms with Crippen LogP contribution in [0.2, 0.25) is 10.0 Å². The molecule has 1 aliphatic rings. The number of nitrogen functional groups attached to an aromatic ring is 1. The van der Waals surface area contributed by atoms with Crippen molar-refractivity contribution >= 4 is 56.4 Å². The lowest BCUT2D eigenvalue weighted by atomic mass is 9.87. The molecule has 2 heterocycles. The van der Waals surface area contributed by atoms with Crippen LogP contribution < -0.4 is 5.73 Å². The number of anilines is 1. The van der Waals surface area contributed by atoms with Crippen LogP contribution in [0, 0.1) is 0 Å². The molecule has 1 aromatic carbocycles. The smallest absolute Gasteiger partial charge is 0.350 e. The van der Waals surface area contributed by atoms with Crippen LogP contribution in [0.25, 0.3) is 21.3 Å². The molecular weight excluding hydrogens is 403 g/mol. The Hall–Kier alpha value is -1.82. The second kappa shape index (κ2) is 7.30. The minimum absolute atomic E-state index is 0.298. The number of nitrogens with two attached hydrogens (primary N) is 1. The predicted molar refractivity (Wildman–Crippen MR) is 112 cm³/mol. The molecule has 4 nitrogen and oxygen atoms in total. The topological polar surface area (TPSA) is 65.2 Å². The number of hydrogen-bond acceptors (Lipinski definition) is 5. The van der Waals surface area contributed by atoms with Gasteiger partial charge in [-0.15, -0.1) is 11.3 Å². The Balaban J connectivity index is 2.06. The largest absolute Gasteiger partial charge is 0.462 e. The molecule has 0 spiro atoms. The molecule has 0 saturated heterocycles. The summed E-state index contributed by atoms with van der Waals surface area (Å²) in [4.78, 5) is 18.3. The summed E-state index contributed by atoms with van der Waals surface area (Å²) >= 11 is 13.9. The molecule has 2 N–H and O–H groups in total. The van der Waals surface area contributed by atoms with Crippen LogP contribution in [0.1, 0.15) is 40.7 Å². The molecule has 140 valence electrons. The van der Waals surface area contributed by atoms with E-state index in [1.807, 2.05) is 12.1 Å². The molecule has 0 atom stereocenters. The summed E-state index contributed by atoms with van der Waals surface area (Å²) in [6.07, 6.45) is 4.02. The molecule has 27 heavy (non-hydrogen) atoms. The number of thiophene rings is 1. The van der Waals surface area contributed by atoms with Crippen molar-refractivity contribution in [3.8, 4) is 11.1 Å². The van der Waals surface area contributed by atoms with Crippen molar-refractivity contribution in [3.63, 3.8) is 0 Å². The third-order valence-electron chi connectivity index (χ3n) is 4.81. The Labute approximate surface area is 171 Å². The van der Waals surface area contributed by atoms with Crippen LogP contribution in [0.4, 0.5) is 5.69 Å². The van der Waals surface area contributed by atoms with E-state index in [2.05, 4.69) is 0 Å². The first-order valence-electron chi connectivity index (χ1n) is 8.87. The van der Waals surface area contributed by atoms with Gasteiger partial charge in [0.15, 0.2) is 0 Å². The maximum absolute atomic E-state index is 12.4. The number of carbonyl (C=O) groups excluding carboxylic acids is 1. The number of fused-ring (bicyclic) bond motifs is 2. The Morgan fingerprint density at radius 3 is 2.81 bits per heavy atom. The van der Waals surface area contributed by atoms with Gasteiger partial charge in [-0.1, -0.05) is 29.3 Å². The minimum atomic E-state index is -0.413. The van der Waals surface area contributed by atoms with Crippen LogP contribution in [0.15, 0.2) is 18.2 Å². The lowest BCUT2D eigenvalue weighted by molar-refractivity contribution is 0.0533. The molecule has 4 rings (SSSR count). The van der Waals surface area contributed by atoms with Gasteiger partial charge in [0, 0.05) is 32.3 Å². The minimum Gasteiger partial charge on any atom is -0.462 e. The molecule has 0 amide bonds. The molecule has 0 unspecified atom stereocenters. The number of halogens is 2. The summed E-state index contributed by atoms with van der Waals surface area (Å²) in [6.45, 7) is 2.07. The van der Waals surface area contributed by atoms with Crippen LogP contribution in [0.5, 0.6) is 0 Å². The van der Waals surface area contributed by atoms with E-state index in [1.165, 1.54) is 11.3 Å². The van der Waals surface area contributed by atoms with Crippen LogP contribution in [-0.2, 0) is 17.6 Å². The van der Waals surface area contributed by atoms with Gasteiger partial charge >= 0.3 is 5.97 Å². The molecule has 0 bridgehead atoms. The fraction of sp³-hybridized carbons (Fsp3) is 0.300. The van der Waals surface area contributed by atoms with Crippen LogP contribution >= 0.6 is 34.5 Å². The number of esters is 1. The van der Waals surface area contributed by atoms with Crippen molar-refractivity contribution in [2.45, 2.75) is 32.6 Å². The molecule has 7 heteroatoms. The van der Waals surface area contributed by atoms with Gasteiger partial charge in [-0.3, -0.25) is 0 Å². The zero-order valence-electron chi connectivity index (χ0n) is 14.8. The highest BCUT2D eigenvalue weighted by atomic mass is 35.5. The van der Waals surface area contributed by atoms with Gasteiger partial charge in [0.1, 0.15) is 9.71 Å². The molecular formula is C20H18Cl2N2O2S. The number of ether oxygens (including phenoxy) is 1. The number of rotatable bonds is 3. The first kappa shape index (κ1) is 18.5. The van der Waals surface area contributed by atoms with Crippen LogP contribution in [-0.4, -0.2) is 17.6 Å². The van der Waals surface area contributed by atoms with Gasteiger partial charge < -0.3 is 10.5 Å². The molecule has 1 aliphatic carbocycles. The maximum Gasteiger partial charge on any atom is 0.350 e. The Kier molecular flexibility index (Phi) is 5.01. The number of carbonyl (C=O) groups is 1. The highest BCUT2D eigenvalue weighted by Gasteiger charge is 2.27. The first-order chi connectivity index (χ1) is 13.0. The normalized spacial score (nSPS) is 13.6. The average Bonchev–Trinajstić information content (AvgIpc) is 2.97. The second-order valence-electron chi connectivity index (χ2n) is 6.49. The predicted octanol–water partition coefficient (Wildman–Crippen LogP) is 5.91. The van der Waals surface area contributed by atoms with E-state index in [1.54, 1.807) is 13.0 Å². The summed E-state index contributed by atoms with van der Waals surface area (Å²) in [7, 11) is 0. The van der Waals surface area contributed by atoms with Crippen molar-refractivity contribution < 1.29 is 9.53 Å². The van der Waals surface area contributed by atoms with Crippen molar-refractivity contribution in [1.82, 2.24) is 4.98 Å². The van der Waals surface area contributed by atoms with Gasteiger partial charge in [-0.05, 0) is 50.3 Å². The summed E-state index contributed by atoms with van der Waals surface area (Å²) in [5.41, 5.74) is 10.9. The number of hydrogen-bond donors (Lipinski definition) is 1. The first-order valence-corrected chi connectivity index (χ1v) is 10.4. The third kappa shape index (κ3) is 3.18. The zero-order valence-corrected chi connectivity index (χ0v) is 17.1. The van der Waals surface area contributed by atoms with E-state index in [9.17, 15) is 4.79 Å². The van der Waals surface area contributed by atoms with E-state index in [-0.39, 0.29) is 0 Å². The number of aromatic nitrogens is 1. The highest BCUT2D eigenvalue weighted by Crippen LogP contribution is 2.46. The third-order valence-corrected chi connectivity index (χ3v) is 6.44. The Morgan fingerprint density at radius 1 is 1.30 bits per heavy atom. The highest BCUT2D eigenvalue weighted by molar-refractivity contribution is 7.21. The van der Waals surface area contributed by atoms with E-state index in [4.69, 9.17) is 38.7 Å². The Morgan fingerprint density at radius 2 is 2.07 bits per heavy atom. The second-order valence-corrected chi connectivity index (χ2v) is 8.33. The molecule has 3 aromatic rings. The maximum atomic E-state index is 12.4. The van der Waals surface area contributed by atoms with E-state index in [0.29, 0.717) is 27.2 Å². The Bertz CT molecular complexity index is 1060. The summed E-state index contributed by atoms with van der Waals surface area (Å²) in [5, 5.41) is 1.92. The quantitative estimate of drug-likeness (QED) is 0.534. The van der Waals surface area contributed by atoms with Gasteiger partial charge in [0.05, 0.1) is 12.3 Å². The fourth-order valence-electron chi connectivity index (χ4n) is 3.64. The fourth-order valence-corrected chi connectivity index (χ4v) is 5.17. The number of pyridine rings is 1.